The van der Waals surface area contributed by atoms with E-state index in [-0.39, 0.29) is 11.4 Å². The van der Waals surface area contributed by atoms with Gasteiger partial charge < -0.3 is 9.64 Å². The number of hydrogen-bond donors (Lipinski definition) is 0. The van der Waals surface area contributed by atoms with E-state index in [0.29, 0.717) is 18.1 Å². The summed E-state index contributed by atoms with van der Waals surface area (Å²) in [5.74, 6) is 0.613. The van der Waals surface area contributed by atoms with Gasteiger partial charge in [0.05, 0.1) is 30.0 Å². The Morgan fingerprint density at radius 2 is 2.18 bits per heavy atom. The summed E-state index contributed by atoms with van der Waals surface area (Å²) >= 11 is 0. The number of hydrogen-bond acceptors (Lipinski definition) is 5. The number of carbonyl (C=O) groups is 1. The van der Waals surface area contributed by atoms with Gasteiger partial charge >= 0.3 is 0 Å². The molecule has 1 amide bonds. The van der Waals surface area contributed by atoms with Crippen molar-refractivity contribution in [2.24, 2.45) is 5.92 Å². The van der Waals surface area contributed by atoms with Gasteiger partial charge in [-0.3, -0.25) is 19.7 Å². The van der Waals surface area contributed by atoms with E-state index in [2.05, 4.69) is 21.9 Å². The molecule has 4 heterocycles. The predicted molar refractivity (Wildman–Crippen MR) is 107 cm³/mol. The minimum Gasteiger partial charge on any atom is -0.375 e. The van der Waals surface area contributed by atoms with E-state index >= 15 is 0 Å². The Hall–Kier alpha value is -2.31. The number of likely N-dealkylation sites (N-methyl/N-ethyl adjacent to an activating group) is 1. The summed E-state index contributed by atoms with van der Waals surface area (Å²) in [7, 11) is 2.18. The van der Waals surface area contributed by atoms with Crippen molar-refractivity contribution in [2.75, 3.05) is 33.3 Å². The summed E-state index contributed by atoms with van der Waals surface area (Å²) < 4.78 is 5.94. The summed E-state index contributed by atoms with van der Waals surface area (Å²) in [6, 6.07) is 7.81. The zero-order chi connectivity index (χ0) is 19.6. The molecule has 0 radical (unpaired) electrons. The Bertz CT molecular complexity index is 820. The van der Waals surface area contributed by atoms with Crippen LogP contribution >= 0.6 is 0 Å². The monoisotopic (exact) mass is 380 g/mol. The molecule has 0 unspecified atom stereocenters. The molecule has 2 aromatic heterocycles. The molecule has 2 fully saturated rings. The average molecular weight is 380 g/mol. The lowest BCUT2D eigenvalue weighted by atomic mass is 9.75. The molecule has 0 saturated carbocycles. The highest BCUT2D eigenvalue weighted by molar-refractivity contribution is 5.94. The van der Waals surface area contributed by atoms with Crippen LogP contribution in [0.2, 0.25) is 0 Å². The first-order valence-corrected chi connectivity index (χ1v) is 9.96. The van der Waals surface area contributed by atoms with Gasteiger partial charge in [-0.25, -0.2) is 0 Å². The van der Waals surface area contributed by atoms with Crippen LogP contribution < -0.4 is 0 Å². The molecule has 6 nitrogen and oxygen atoms in total. The quantitative estimate of drug-likeness (QED) is 0.798. The zero-order valence-corrected chi connectivity index (χ0v) is 16.7. The molecule has 1 atom stereocenters. The molecular weight excluding hydrogens is 352 g/mol. The summed E-state index contributed by atoms with van der Waals surface area (Å²) in [5, 5.41) is 0. The lowest BCUT2D eigenvalue weighted by Crippen LogP contribution is -2.72. The minimum atomic E-state index is 0.0868. The van der Waals surface area contributed by atoms with Crippen LogP contribution in [0.3, 0.4) is 0 Å². The number of rotatable bonds is 5. The second kappa shape index (κ2) is 7.97. The fourth-order valence-electron chi connectivity index (χ4n) is 4.40. The van der Waals surface area contributed by atoms with E-state index in [1.54, 1.807) is 18.6 Å². The predicted octanol–water partition coefficient (Wildman–Crippen LogP) is 2.54. The highest BCUT2D eigenvalue weighted by Gasteiger charge is 2.51. The summed E-state index contributed by atoms with van der Waals surface area (Å²) in [4.78, 5) is 25.6. The van der Waals surface area contributed by atoms with E-state index in [9.17, 15) is 4.79 Å². The maximum Gasteiger partial charge on any atom is 0.255 e. The van der Waals surface area contributed by atoms with Crippen LogP contribution in [0.15, 0.2) is 42.9 Å². The molecule has 2 saturated heterocycles. The average Bonchev–Trinajstić information content (AvgIpc) is 2.68. The number of pyridine rings is 2. The number of ether oxygens (including phenoxy) is 1. The van der Waals surface area contributed by atoms with Crippen molar-refractivity contribution in [1.82, 2.24) is 19.8 Å². The van der Waals surface area contributed by atoms with E-state index in [4.69, 9.17) is 4.74 Å². The number of carbonyl (C=O) groups excluding carboxylic acids is 1. The van der Waals surface area contributed by atoms with Gasteiger partial charge in [0.1, 0.15) is 0 Å². The van der Waals surface area contributed by atoms with Crippen molar-refractivity contribution in [3.63, 3.8) is 0 Å². The highest BCUT2D eigenvalue weighted by atomic mass is 16.5. The van der Waals surface area contributed by atoms with E-state index in [1.165, 1.54) is 0 Å². The third-order valence-electron chi connectivity index (χ3n) is 6.06. The molecule has 2 aliphatic heterocycles. The SMILES string of the molecule is Cc1cncc(C(=O)N2CC3(C[C@@H](COCc4ccccn4)CCN3C)C2)c1. The standard InChI is InChI=1S/C22H28N4O2/c1-17-9-19(12-23-11-17)21(27)26-15-22(16-26)10-18(6-8-25(22)2)13-28-14-20-5-3-4-7-24-20/h3-5,7,9,11-12,18H,6,8,10,13-16H2,1-2H3/t18-/m0/s1. The largest absolute Gasteiger partial charge is 0.375 e. The molecule has 0 aromatic carbocycles. The van der Waals surface area contributed by atoms with Gasteiger partial charge in [0.15, 0.2) is 0 Å². The topological polar surface area (TPSA) is 58.6 Å². The van der Waals surface area contributed by atoms with Crippen LogP contribution in [0.4, 0.5) is 0 Å². The summed E-state index contributed by atoms with van der Waals surface area (Å²) in [6.07, 6.45) is 7.45. The second-order valence-corrected chi connectivity index (χ2v) is 8.25. The normalized spacial score (nSPS) is 21.5. The van der Waals surface area contributed by atoms with Crippen molar-refractivity contribution < 1.29 is 9.53 Å². The fraction of sp³-hybridized carbons (Fsp3) is 0.500. The minimum absolute atomic E-state index is 0.0868. The van der Waals surface area contributed by atoms with Crippen molar-refractivity contribution >= 4 is 5.91 Å². The summed E-state index contributed by atoms with van der Waals surface area (Å²) in [5.41, 5.74) is 2.76. The van der Waals surface area contributed by atoms with Gasteiger partial charge in [-0.2, -0.15) is 0 Å². The van der Waals surface area contributed by atoms with Gasteiger partial charge in [-0.1, -0.05) is 6.07 Å². The molecule has 0 aliphatic carbocycles. The number of likely N-dealkylation sites (tertiary alicyclic amines) is 2. The third kappa shape index (κ3) is 3.93. The number of piperidine rings is 1. The zero-order valence-electron chi connectivity index (χ0n) is 16.7. The summed E-state index contributed by atoms with van der Waals surface area (Å²) in [6.45, 7) is 5.89. The fourth-order valence-corrected chi connectivity index (χ4v) is 4.40. The molecular formula is C22H28N4O2. The van der Waals surface area contributed by atoms with Gasteiger partial charge in [0.2, 0.25) is 0 Å². The molecule has 2 aromatic rings. The van der Waals surface area contributed by atoms with Gasteiger partial charge in [-0.15, -0.1) is 0 Å². The van der Waals surface area contributed by atoms with Crippen LogP contribution in [-0.4, -0.2) is 64.5 Å². The maximum absolute atomic E-state index is 12.8. The molecule has 0 N–H and O–H groups in total. The molecule has 28 heavy (non-hydrogen) atoms. The van der Waals surface area contributed by atoms with Crippen LogP contribution in [0.5, 0.6) is 0 Å². The first-order valence-electron chi connectivity index (χ1n) is 9.96. The van der Waals surface area contributed by atoms with Gasteiger partial charge in [-0.05, 0) is 63.0 Å². The van der Waals surface area contributed by atoms with Crippen molar-refractivity contribution in [1.29, 1.82) is 0 Å². The first-order chi connectivity index (χ1) is 13.6. The maximum atomic E-state index is 12.8. The highest BCUT2D eigenvalue weighted by Crippen LogP contribution is 2.39. The molecule has 6 heteroatoms. The lowest BCUT2D eigenvalue weighted by molar-refractivity contribution is -0.0769. The first kappa shape index (κ1) is 19.0. The van der Waals surface area contributed by atoms with E-state index < -0.39 is 0 Å². The van der Waals surface area contributed by atoms with Crippen LogP contribution in [0.1, 0.15) is 34.5 Å². The Balaban J connectivity index is 1.31. The number of aromatic nitrogens is 2. The number of aryl methyl sites for hydroxylation is 1. The molecule has 1 spiro atoms. The van der Waals surface area contributed by atoms with Crippen LogP contribution in [-0.2, 0) is 11.3 Å². The molecule has 2 aliphatic rings. The van der Waals surface area contributed by atoms with Crippen LogP contribution in [0, 0.1) is 12.8 Å². The Kier molecular flexibility index (Phi) is 5.42. The van der Waals surface area contributed by atoms with E-state index in [0.717, 1.165) is 50.3 Å². The second-order valence-electron chi connectivity index (χ2n) is 8.25. The van der Waals surface area contributed by atoms with Crippen molar-refractivity contribution in [2.45, 2.75) is 31.9 Å². The van der Waals surface area contributed by atoms with E-state index in [1.807, 2.05) is 36.1 Å². The van der Waals surface area contributed by atoms with Crippen molar-refractivity contribution in [3.8, 4) is 0 Å². The Morgan fingerprint density at radius 1 is 1.32 bits per heavy atom. The molecule has 148 valence electrons. The van der Waals surface area contributed by atoms with Gasteiger partial charge in [0, 0.05) is 31.7 Å². The smallest absolute Gasteiger partial charge is 0.255 e. The Morgan fingerprint density at radius 3 is 2.93 bits per heavy atom. The number of nitrogens with zero attached hydrogens (tertiary/aromatic N) is 4. The lowest BCUT2D eigenvalue weighted by Gasteiger charge is -2.58. The van der Waals surface area contributed by atoms with Gasteiger partial charge in [0.25, 0.3) is 5.91 Å². The van der Waals surface area contributed by atoms with Crippen molar-refractivity contribution in [3.05, 3.63) is 59.7 Å². The molecule has 4 rings (SSSR count). The molecule has 0 bridgehead atoms. The number of amides is 1. The van der Waals surface area contributed by atoms with Crippen LogP contribution in [0.25, 0.3) is 0 Å². The third-order valence-corrected chi connectivity index (χ3v) is 6.06. The Labute approximate surface area is 166 Å².